The second-order valence-corrected chi connectivity index (χ2v) is 7.31. The van der Waals surface area contributed by atoms with E-state index in [1.165, 1.54) is 40.7 Å². The molecule has 3 nitrogen and oxygen atoms in total. The van der Waals surface area contributed by atoms with Gasteiger partial charge in [-0.05, 0) is 79.3 Å². The van der Waals surface area contributed by atoms with E-state index in [1.54, 1.807) is 0 Å². The van der Waals surface area contributed by atoms with Crippen LogP contribution in [0.1, 0.15) is 49.7 Å². The van der Waals surface area contributed by atoms with E-state index in [4.69, 9.17) is 10.5 Å². The molecule has 0 aromatic heterocycles. The molecule has 0 saturated heterocycles. The Labute approximate surface area is 154 Å². The first kappa shape index (κ1) is 16.9. The summed E-state index contributed by atoms with van der Waals surface area (Å²) in [7, 11) is 0. The van der Waals surface area contributed by atoms with E-state index >= 15 is 0 Å². The number of benzene rings is 2. The number of carbonyl (C=O) groups excluding carboxylic acids is 1. The maximum atomic E-state index is 11.9. The zero-order valence-corrected chi connectivity index (χ0v) is 15.0. The molecule has 2 aromatic rings. The van der Waals surface area contributed by atoms with Gasteiger partial charge in [0.15, 0.2) is 6.10 Å². The number of rotatable bonds is 6. The lowest BCUT2D eigenvalue weighted by atomic mass is 9.95. The molecule has 26 heavy (non-hydrogen) atoms. The van der Waals surface area contributed by atoms with Crippen LogP contribution in [0.2, 0.25) is 0 Å². The quantitative estimate of drug-likeness (QED) is 0.653. The molecular weight excluding hydrogens is 322 g/mol. The third-order valence-corrected chi connectivity index (χ3v) is 5.48. The normalized spacial score (nSPS) is 16.4. The van der Waals surface area contributed by atoms with Gasteiger partial charge in [-0.25, -0.2) is 0 Å². The smallest absolute Gasteiger partial charge is 0.258 e. The molecule has 2 aliphatic carbocycles. The van der Waals surface area contributed by atoms with Gasteiger partial charge in [0.2, 0.25) is 0 Å². The Balaban J connectivity index is 1.49. The lowest BCUT2D eigenvalue weighted by molar-refractivity contribution is -0.124. The SMILES string of the molecule is NC(=O)C(CCC1=CCCCC1)Oc1ccc2c(c1)-c1ccccc1C2. The molecule has 0 bridgehead atoms. The standard InChI is InChI=1S/C23H25NO2/c24-23(25)22(13-10-16-6-2-1-3-7-16)26-19-12-11-18-14-17-8-4-5-9-20(17)21(18)15-19/h4-6,8-9,11-12,15,22H,1-3,7,10,13-14H2,(H2,24,25). The van der Waals surface area contributed by atoms with Crippen LogP contribution in [-0.2, 0) is 11.2 Å². The highest BCUT2D eigenvalue weighted by atomic mass is 16.5. The molecule has 0 spiro atoms. The van der Waals surface area contributed by atoms with E-state index in [9.17, 15) is 4.79 Å². The Hall–Kier alpha value is -2.55. The summed E-state index contributed by atoms with van der Waals surface area (Å²) in [6, 6.07) is 14.6. The third kappa shape index (κ3) is 3.52. The van der Waals surface area contributed by atoms with E-state index in [0.29, 0.717) is 6.42 Å². The molecule has 1 unspecified atom stereocenters. The van der Waals surface area contributed by atoms with E-state index in [-0.39, 0.29) is 5.91 Å². The summed E-state index contributed by atoms with van der Waals surface area (Å²) in [5, 5.41) is 0. The average molecular weight is 347 g/mol. The van der Waals surface area contributed by atoms with Crippen LogP contribution in [-0.4, -0.2) is 12.0 Å². The molecule has 0 aliphatic heterocycles. The highest BCUT2D eigenvalue weighted by Gasteiger charge is 2.21. The van der Waals surface area contributed by atoms with E-state index in [0.717, 1.165) is 31.4 Å². The van der Waals surface area contributed by atoms with Gasteiger partial charge >= 0.3 is 0 Å². The minimum absolute atomic E-state index is 0.387. The number of ether oxygens (including phenoxy) is 1. The topological polar surface area (TPSA) is 52.3 Å². The van der Waals surface area contributed by atoms with Gasteiger partial charge in [-0.2, -0.15) is 0 Å². The van der Waals surface area contributed by atoms with Crippen molar-refractivity contribution in [3.8, 4) is 16.9 Å². The number of carbonyl (C=O) groups is 1. The molecule has 0 fully saturated rings. The first-order valence-electron chi connectivity index (χ1n) is 9.56. The fourth-order valence-corrected chi connectivity index (χ4v) is 4.05. The van der Waals surface area contributed by atoms with Gasteiger partial charge in [0.1, 0.15) is 5.75 Å². The minimum Gasteiger partial charge on any atom is -0.481 e. The van der Waals surface area contributed by atoms with E-state index < -0.39 is 6.10 Å². The number of hydrogen-bond acceptors (Lipinski definition) is 2. The maximum absolute atomic E-state index is 11.9. The van der Waals surface area contributed by atoms with Crippen LogP contribution in [0.25, 0.3) is 11.1 Å². The molecule has 0 heterocycles. The van der Waals surface area contributed by atoms with Gasteiger partial charge in [-0.15, -0.1) is 0 Å². The van der Waals surface area contributed by atoms with Gasteiger partial charge in [0.05, 0.1) is 0 Å². The van der Waals surface area contributed by atoms with E-state index in [2.05, 4.69) is 42.5 Å². The second kappa shape index (κ2) is 7.36. The van der Waals surface area contributed by atoms with Gasteiger partial charge in [0, 0.05) is 0 Å². The van der Waals surface area contributed by atoms with Gasteiger partial charge in [-0.1, -0.05) is 42.0 Å². The summed E-state index contributed by atoms with van der Waals surface area (Å²) < 4.78 is 6.01. The fourth-order valence-electron chi connectivity index (χ4n) is 4.05. The van der Waals surface area contributed by atoms with Crippen molar-refractivity contribution >= 4 is 5.91 Å². The van der Waals surface area contributed by atoms with Crippen molar-refractivity contribution in [2.45, 2.75) is 51.0 Å². The largest absolute Gasteiger partial charge is 0.481 e. The zero-order chi connectivity index (χ0) is 17.9. The molecule has 4 rings (SSSR count). The number of nitrogens with two attached hydrogens (primary N) is 1. The Bertz CT molecular complexity index is 853. The highest BCUT2D eigenvalue weighted by molar-refractivity contribution is 5.80. The van der Waals surface area contributed by atoms with Crippen LogP contribution in [0.5, 0.6) is 5.75 Å². The van der Waals surface area contributed by atoms with Gasteiger partial charge < -0.3 is 10.5 Å². The van der Waals surface area contributed by atoms with Crippen molar-refractivity contribution < 1.29 is 9.53 Å². The van der Waals surface area contributed by atoms with Crippen molar-refractivity contribution in [3.63, 3.8) is 0 Å². The maximum Gasteiger partial charge on any atom is 0.258 e. The monoisotopic (exact) mass is 347 g/mol. The number of primary amides is 1. The molecule has 2 aliphatic rings. The number of allylic oxidation sites excluding steroid dienone is 2. The Morgan fingerprint density at radius 2 is 1.92 bits per heavy atom. The van der Waals surface area contributed by atoms with Crippen LogP contribution in [0, 0.1) is 0 Å². The molecular formula is C23H25NO2. The molecule has 2 aromatic carbocycles. The Morgan fingerprint density at radius 3 is 2.73 bits per heavy atom. The predicted molar refractivity (Wildman–Crippen MR) is 104 cm³/mol. The van der Waals surface area contributed by atoms with Crippen LogP contribution in [0.15, 0.2) is 54.1 Å². The first-order chi connectivity index (χ1) is 12.7. The molecule has 0 radical (unpaired) electrons. The molecule has 3 heteroatoms. The summed E-state index contributed by atoms with van der Waals surface area (Å²) in [6.07, 6.45) is 9.05. The number of fused-ring (bicyclic) bond motifs is 3. The number of hydrogen-bond donors (Lipinski definition) is 1. The van der Waals surface area contributed by atoms with Crippen molar-refractivity contribution in [3.05, 3.63) is 65.2 Å². The van der Waals surface area contributed by atoms with Gasteiger partial charge in [0.25, 0.3) is 5.91 Å². The average Bonchev–Trinajstić information content (AvgIpc) is 3.04. The summed E-state index contributed by atoms with van der Waals surface area (Å²) in [6.45, 7) is 0. The molecule has 134 valence electrons. The minimum atomic E-state index is -0.576. The van der Waals surface area contributed by atoms with Crippen LogP contribution >= 0.6 is 0 Å². The van der Waals surface area contributed by atoms with Crippen molar-refractivity contribution in [1.82, 2.24) is 0 Å². The zero-order valence-electron chi connectivity index (χ0n) is 15.0. The first-order valence-corrected chi connectivity index (χ1v) is 9.56. The van der Waals surface area contributed by atoms with E-state index in [1.807, 2.05) is 6.07 Å². The Morgan fingerprint density at radius 1 is 1.08 bits per heavy atom. The fraction of sp³-hybridized carbons (Fsp3) is 0.348. The molecule has 0 saturated carbocycles. The summed E-state index contributed by atoms with van der Waals surface area (Å²) >= 11 is 0. The van der Waals surface area contributed by atoms with Crippen molar-refractivity contribution in [2.24, 2.45) is 5.73 Å². The highest BCUT2D eigenvalue weighted by Crippen LogP contribution is 2.38. The molecule has 2 N–H and O–H groups in total. The summed E-state index contributed by atoms with van der Waals surface area (Å²) in [5.41, 5.74) is 12.2. The van der Waals surface area contributed by atoms with Crippen LogP contribution in [0.4, 0.5) is 0 Å². The summed E-state index contributed by atoms with van der Waals surface area (Å²) in [4.78, 5) is 11.9. The van der Waals surface area contributed by atoms with Crippen LogP contribution in [0.3, 0.4) is 0 Å². The third-order valence-electron chi connectivity index (χ3n) is 5.48. The lowest BCUT2D eigenvalue weighted by Crippen LogP contribution is -2.33. The second-order valence-electron chi connectivity index (χ2n) is 7.31. The molecule has 1 atom stereocenters. The molecule has 1 amide bonds. The number of amides is 1. The van der Waals surface area contributed by atoms with Gasteiger partial charge in [-0.3, -0.25) is 4.79 Å². The van der Waals surface area contributed by atoms with Crippen LogP contribution < -0.4 is 10.5 Å². The Kier molecular flexibility index (Phi) is 4.79. The summed E-state index contributed by atoms with van der Waals surface area (Å²) in [5.74, 6) is 0.337. The van der Waals surface area contributed by atoms with Crippen molar-refractivity contribution in [2.75, 3.05) is 0 Å². The van der Waals surface area contributed by atoms with Crippen molar-refractivity contribution in [1.29, 1.82) is 0 Å². The lowest BCUT2D eigenvalue weighted by Gasteiger charge is -2.19. The predicted octanol–water partition coefficient (Wildman–Crippen LogP) is 4.77.